The molecule has 0 unspecified atom stereocenters. The van der Waals surface area contributed by atoms with E-state index in [9.17, 15) is 14.4 Å². The quantitative estimate of drug-likeness (QED) is 0.874. The van der Waals surface area contributed by atoms with Crippen LogP contribution in [0.3, 0.4) is 0 Å². The Morgan fingerprint density at radius 1 is 1.38 bits per heavy atom. The number of nitrogens with one attached hydrogen (secondary N) is 1. The van der Waals surface area contributed by atoms with Crippen LogP contribution in [-0.4, -0.2) is 22.1 Å². The van der Waals surface area contributed by atoms with Crippen molar-refractivity contribution >= 4 is 28.5 Å². The van der Waals surface area contributed by atoms with E-state index in [4.69, 9.17) is 16.3 Å². The van der Waals surface area contributed by atoms with Crippen molar-refractivity contribution in [3.8, 4) is 0 Å². The zero-order valence-electron chi connectivity index (χ0n) is 11.9. The van der Waals surface area contributed by atoms with Crippen LogP contribution in [0.4, 0.5) is 0 Å². The van der Waals surface area contributed by atoms with Crippen LogP contribution in [-0.2, 0) is 15.1 Å². The largest absolute Gasteiger partial charge is 0.464 e. The van der Waals surface area contributed by atoms with Crippen LogP contribution in [0.5, 0.6) is 0 Å². The first kappa shape index (κ1) is 15.3. The van der Waals surface area contributed by atoms with Gasteiger partial charge in [-0.25, -0.2) is 14.2 Å². The molecule has 1 aromatic carbocycles. The van der Waals surface area contributed by atoms with Gasteiger partial charge in [-0.3, -0.25) is 4.79 Å². The summed E-state index contributed by atoms with van der Waals surface area (Å²) in [7, 11) is 0. The molecule has 0 bridgehead atoms. The lowest BCUT2D eigenvalue weighted by Gasteiger charge is -2.24. The van der Waals surface area contributed by atoms with Crippen molar-refractivity contribution in [1.29, 1.82) is 0 Å². The summed E-state index contributed by atoms with van der Waals surface area (Å²) in [6, 6.07) is 4.54. The van der Waals surface area contributed by atoms with Crippen LogP contribution in [0.15, 0.2) is 27.8 Å². The Bertz CT molecular complexity index is 820. The van der Waals surface area contributed by atoms with Gasteiger partial charge in [0.25, 0.3) is 5.56 Å². The molecule has 2 rings (SSSR count). The molecule has 1 N–H and O–H groups in total. The second kappa shape index (κ2) is 5.37. The fourth-order valence-electron chi connectivity index (χ4n) is 2.10. The molecule has 0 spiro atoms. The topological polar surface area (TPSA) is 81.2 Å². The third kappa shape index (κ3) is 2.58. The lowest BCUT2D eigenvalue weighted by molar-refractivity contribution is -0.152. The summed E-state index contributed by atoms with van der Waals surface area (Å²) < 4.78 is 5.79. The lowest BCUT2D eigenvalue weighted by Crippen LogP contribution is -2.51. The summed E-state index contributed by atoms with van der Waals surface area (Å²) >= 11 is 5.84. The SMILES string of the molecule is CCOC(=O)C(C)(C)n1c(=O)[nH]c2cc(Cl)ccc2c1=O. The number of rotatable bonds is 3. The highest BCUT2D eigenvalue weighted by atomic mass is 35.5. The average molecular weight is 311 g/mol. The Kier molecular flexibility index (Phi) is 3.91. The highest BCUT2D eigenvalue weighted by Gasteiger charge is 2.34. The summed E-state index contributed by atoms with van der Waals surface area (Å²) in [4.78, 5) is 39.2. The smallest absolute Gasteiger partial charge is 0.332 e. The summed E-state index contributed by atoms with van der Waals surface area (Å²) in [5.41, 5.74) is -2.33. The molecule has 7 heteroatoms. The molecule has 0 fully saturated rings. The van der Waals surface area contributed by atoms with Gasteiger partial charge >= 0.3 is 11.7 Å². The van der Waals surface area contributed by atoms with E-state index < -0.39 is 22.8 Å². The van der Waals surface area contributed by atoms with Crippen molar-refractivity contribution in [3.05, 3.63) is 44.1 Å². The van der Waals surface area contributed by atoms with Gasteiger partial charge in [-0.1, -0.05) is 11.6 Å². The van der Waals surface area contributed by atoms with Crippen LogP contribution in [0.1, 0.15) is 20.8 Å². The first-order valence-electron chi connectivity index (χ1n) is 6.41. The van der Waals surface area contributed by atoms with Gasteiger partial charge in [-0.05, 0) is 39.0 Å². The van der Waals surface area contributed by atoms with Crippen molar-refractivity contribution < 1.29 is 9.53 Å². The van der Waals surface area contributed by atoms with E-state index in [0.29, 0.717) is 10.5 Å². The molecule has 21 heavy (non-hydrogen) atoms. The van der Waals surface area contributed by atoms with Gasteiger partial charge in [0.2, 0.25) is 0 Å². The van der Waals surface area contributed by atoms with Crippen molar-refractivity contribution in [1.82, 2.24) is 9.55 Å². The molecule has 0 atom stereocenters. The van der Waals surface area contributed by atoms with Gasteiger partial charge in [0.05, 0.1) is 17.5 Å². The van der Waals surface area contributed by atoms with E-state index in [1.807, 2.05) is 0 Å². The maximum Gasteiger partial charge on any atom is 0.332 e. The Balaban J connectivity index is 2.76. The molecule has 0 aliphatic carbocycles. The van der Waals surface area contributed by atoms with Crippen LogP contribution in [0.25, 0.3) is 10.9 Å². The predicted molar refractivity (Wildman–Crippen MR) is 79.8 cm³/mol. The van der Waals surface area contributed by atoms with Gasteiger partial charge in [-0.15, -0.1) is 0 Å². The summed E-state index contributed by atoms with van der Waals surface area (Å²) in [5, 5.41) is 0.677. The standard InChI is InChI=1S/C14H15ClN2O4/c1-4-21-12(19)14(2,3)17-11(18)9-6-5-8(15)7-10(9)16-13(17)20/h5-7H,4H2,1-3H3,(H,16,20). The minimum Gasteiger partial charge on any atom is -0.464 e. The van der Waals surface area contributed by atoms with Gasteiger partial charge in [0.15, 0.2) is 0 Å². The van der Waals surface area contributed by atoms with Crippen molar-refractivity contribution in [2.24, 2.45) is 0 Å². The second-order valence-electron chi connectivity index (χ2n) is 5.04. The molecule has 6 nitrogen and oxygen atoms in total. The third-order valence-electron chi connectivity index (χ3n) is 3.19. The average Bonchev–Trinajstić information content (AvgIpc) is 2.37. The molecule has 1 heterocycles. The van der Waals surface area contributed by atoms with E-state index in [1.54, 1.807) is 13.0 Å². The van der Waals surface area contributed by atoms with Crippen LogP contribution in [0.2, 0.25) is 5.02 Å². The molecule has 0 saturated carbocycles. The minimum absolute atomic E-state index is 0.165. The number of aromatic amines is 1. The summed E-state index contributed by atoms with van der Waals surface area (Å²) in [6.07, 6.45) is 0. The van der Waals surface area contributed by atoms with E-state index >= 15 is 0 Å². The molecule has 0 amide bonds. The van der Waals surface area contributed by atoms with Gasteiger partial charge < -0.3 is 9.72 Å². The molecule has 2 aromatic rings. The normalized spacial score (nSPS) is 11.6. The molecular formula is C14H15ClN2O4. The number of aromatic nitrogens is 2. The van der Waals surface area contributed by atoms with E-state index in [-0.39, 0.29) is 12.0 Å². The second-order valence-corrected chi connectivity index (χ2v) is 5.48. The Labute approximate surface area is 125 Å². The zero-order chi connectivity index (χ0) is 15.8. The molecule has 112 valence electrons. The number of hydrogen-bond acceptors (Lipinski definition) is 4. The maximum absolute atomic E-state index is 12.5. The number of carbonyl (C=O) groups excluding carboxylic acids is 1. The summed E-state index contributed by atoms with van der Waals surface area (Å²) in [6.45, 7) is 4.74. The monoisotopic (exact) mass is 310 g/mol. The van der Waals surface area contributed by atoms with Crippen LogP contribution < -0.4 is 11.2 Å². The summed E-state index contributed by atoms with van der Waals surface area (Å²) in [5.74, 6) is -0.647. The zero-order valence-corrected chi connectivity index (χ0v) is 12.7. The van der Waals surface area contributed by atoms with E-state index in [2.05, 4.69) is 4.98 Å². The molecule has 1 aromatic heterocycles. The third-order valence-corrected chi connectivity index (χ3v) is 3.43. The van der Waals surface area contributed by atoms with E-state index in [0.717, 1.165) is 4.57 Å². The van der Waals surface area contributed by atoms with Gasteiger partial charge in [0, 0.05) is 5.02 Å². The molecule has 0 aliphatic rings. The van der Waals surface area contributed by atoms with Crippen LogP contribution >= 0.6 is 11.6 Å². The molecule has 0 aliphatic heterocycles. The fourth-order valence-corrected chi connectivity index (χ4v) is 2.27. The predicted octanol–water partition coefficient (Wildman–Crippen LogP) is 1.64. The Morgan fingerprint density at radius 3 is 2.67 bits per heavy atom. The van der Waals surface area contributed by atoms with Crippen molar-refractivity contribution in [2.45, 2.75) is 26.3 Å². The number of nitrogens with zero attached hydrogens (tertiary/aromatic N) is 1. The fraction of sp³-hybridized carbons (Fsp3) is 0.357. The minimum atomic E-state index is -1.41. The van der Waals surface area contributed by atoms with Gasteiger partial charge in [0.1, 0.15) is 5.54 Å². The number of fused-ring (bicyclic) bond motifs is 1. The number of ether oxygens (including phenoxy) is 1. The number of benzene rings is 1. The highest BCUT2D eigenvalue weighted by Crippen LogP contribution is 2.17. The van der Waals surface area contributed by atoms with E-state index in [1.165, 1.54) is 26.0 Å². The molecule has 0 saturated heterocycles. The lowest BCUT2D eigenvalue weighted by atomic mass is 10.1. The van der Waals surface area contributed by atoms with Crippen LogP contribution in [0, 0.1) is 0 Å². The van der Waals surface area contributed by atoms with Crippen molar-refractivity contribution in [3.63, 3.8) is 0 Å². The van der Waals surface area contributed by atoms with Crippen molar-refractivity contribution in [2.75, 3.05) is 6.61 Å². The number of carbonyl (C=O) groups is 1. The Morgan fingerprint density at radius 2 is 2.05 bits per heavy atom. The number of halogens is 1. The first-order valence-corrected chi connectivity index (χ1v) is 6.79. The first-order chi connectivity index (χ1) is 9.78. The number of H-pyrrole nitrogens is 1. The highest BCUT2D eigenvalue weighted by molar-refractivity contribution is 6.31. The molecular weight excluding hydrogens is 296 g/mol. The Hall–Kier alpha value is -2.08. The number of hydrogen-bond donors (Lipinski definition) is 1. The maximum atomic E-state index is 12.5. The van der Waals surface area contributed by atoms with Gasteiger partial charge in [-0.2, -0.15) is 0 Å². The number of esters is 1. The molecule has 0 radical (unpaired) electrons.